The van der Waals surface area contributed by atoms with Crippen LogP contribution in [0.25, 0.3) is 11.1 Å². The molecule has 2 aromatic carbocycles. The molecule has 128 valence electrons. The van der Waals surface area contributed by atoms with E-state index in [2.05, 4.69) is 88.5 Å². The molecule has 25 heavy (non-hydrogen) atoms. The lowest BCUT2D eigenvalue weighted by atomic mass is 9.87. The maximum absolute atomic E-state index is 2.56. The average molecular weight is 345 g/mol. The third-order valence-electron chi connectivity index (χ3n) is 6.02. The van der Waals surface area contributed by atoms with E-state index >= 15 is 0 Å². The molecule has 0 aromatic heterocycles. The quantitative estimate of drug-likeness (QED) is 0.499. The second-order valence-electron chi connectivity index (χ2n) is 9.04. The van der Waals surface area contributed by atoms with E-state index in [1.165, 1.54) is 16.7 Å². The van der Waals surface area contributed by atoms with Crippen molar-refractivity contribution in [2.75, 3.05) is 0 Å². The van der Waals surface area contributed by atoms with E-state index in [0.29, 0.717) is 0 Å². The van der Waals surface area contributed by atoms with Crippen LogP contribution >= 0.6 is 0 Å². The maximum atomic E-state index is 2.56. The number of rotatable bonds is 2. The summed E-state index contributed by atoms with van der Waals surface area (Å²) in [6, 6.07) is 16.0. The van der Waals surface area contributed by atoms with E-state index in [9.17, 15) is 0 Å². The predicted molar refractivity (Wildman–Crippen MR) is 112 cm³/mol. The summed E-state index contributed by atoms with van der Waals surface area (Å²) in [5, 5.41) is 3.37. The van der Waals surface area contributed by atoms with Gasteiger partial charge in [0.25, 0.3) is 0 Å². The summed E-state index contributed by atoms with van der Waals surface area (Å²) < 4.78 is 0. The fraction of sp³-hybridized carbons (Fsp3) is 0.333. The van der Waals surface area contributed by atoms with Gasteiger partial charge in [-0.2, -0.15) is 0 Å². The molecule has 0 radical (unpaired) electrons. The van der Waals surface area contributed by atoms with Crippen LogP contribution in [0.15, 0.2) is 65.4 Å². The fourth-order valence-electron chi connectivity index (χ4n) is 4.71. The molecule has 0 nitrogen and oxygen atoms in total. The van der Waals surface area contributed by atoms with Gasteiger partial charge in [0.05, 0.1) is 0 Å². The van der Waals surface area contributed by atoms with Gasteiger partial charge in [-0.15, -0.1) is 0 Å². The number of hydrogen-bond donors (Lipinski definition) is 0. The first-order valence-corrected chi connectivity index (χ1v) is 12.4. The van der Waals surface area contributed by atoms with Crippen molar-refractivity contribution in [2.45, 2.75) is 46.7 Å². The van der Waals surface area contributed by atoms with Crippen LogP contribution in [0.4, 0.5) is 0 Å². The smallest absolute Gasteiger partial charge is 0.0805 e. The number of allylic oxidation sites excluding steroid dienone is 4. The molecular weight excluding hydrogens is 316 g/mol. The molecule has 0 saturated carbocycles. The Morgan fingerprint density at radius 3 is 2.36 bits per heavy atom. The first kappa shape index (κ1) is 16.6. The molecule has 0 spiro atoms. The van der Waals surface area contributed by atoms with Crippen LogP contribution in [0.2, 0.25) is 13.1 Å². The monoisotopic (exact) mass is 344 g/mol. The van der Waals surface area contributed by atoms with Crippen LogP contribution in [-0.2, 0) is 6.42 Å². The summed E-state index contributed by atoms with van der Waals surface area (Å²) in [6.45, 7) is 12.2. The molecular formula is C24H28Si. The minimum Gasteiger partial charge on any atom is -0.0805 e. The third kappa shape index (κ3) is 2.57. The molecule has 0 unspecified atom stereocenters. The molecule has 0 bridgehead atoms. The molecule has 0 amide bonds. The molecule has 1 heteroatoms. The Hall–Kier alpha value is -1.86. The topological polar surface area (TPSA) is 0 Å². The number of fused-ring (bicyclic) bond motifs is 3. The van der Waals surface area contributed by atoms with Gasteiger partial charge in [0.2, 0.25) is 0 Å². The molecule has 4 rings (SSSR count). The first-order valence-electron chi connectivity index (χ1n) is 9.41. The maximum Gasteiger partial charge on any atom is 0.108 e. The van der Waals surface area contributed by atoms with Gasteiger partial charge in [0.1, 0.15) is 8.07 Å². The largest absolute Gasteiger partial charge is 0.108 e. The lowest BCUT2D eigenvalue weighted by Crippen LogP contribution is -2.46. The average Bonchev–Trinajstić information content (AvgIpc) is 3.19. The Bertz CT molecular complexity index is 904. The van der Waals surface area contributed by atoms with Crippen LogP contribution < -0.4 is 5.19 Å². The van der Waals surface area contributed by atoms with Crippen LogP contribution in [-0.4, -0.2) is 8.07 Å². The van der Waals surface area contributed by atoms with Crippen molar-refractivity contribution in [3.05, 3.63) is 76.5 Å². The minimum atomic E-state index is -1.70. The highest BCUT2D eigenvalue weighted by molar-refractivity contribution is 6.96. The molecule has 0 atom stereocenters. The van der Waals surface area contributed by atoms with Gasteiger partial charge in [-0.05, 0) is 46.1 Å². The number of benzene rings is 2. The Morgan fingerprint density at radius 1 is 0.880 bits per heavy atom. The summed E-state index contributed by atoms with van der Waals surface area (Å²) in [7, 11) is -1.70. The molecule has 2 aliphatic rings. The first-order chi connectivity index (χ1) is 11.8. The number of hydrogen-bond acceptors (Lipinski definition) is 0. The van der Waals surface area contributed by atoms with E-state index in [-0.39, 0.29) is 5.41 Å². The summed E-state index contributed by atoms with van der Waals surface area (Å²) in [4.78, 5) is 0. The van der Waals surface area contributed by atoms with Gasteiger partial charge in [0, 0.05) is 0 Å². The second-order valence-corrected chi connectivity index (χ2v) is 13.4. The summed E-state index contributed by atoms with van der Waals surface area (Å²) in [5.74, 6) is 0. The molecule has 0 aliphatic heterocycles. The zero-order valence-electron chi connectivity index (χ0n) is 16.1. The van der Waals surface area contributed by atoms with Crippen molar-refractivity contribution < 1.29 is 0 Å². The van der Waals surface area contributed by atoms with Gasteiger partial charge in [0.15, 0.2) is 0 Å². The van der Waals surface area contributed by atoms with Gasteiger partial charge in [-0.1, -0.05) is 98.9 Å². The molecule has 0 saturated heterocycles. The van der Waals surface area contributed by atoms with Gasteiger partial charge in [-0.3, -0.25) is 0 Å². The summed E-state index contributed by atoms with van der Waals surface area (Å²) >= 11 is 0. The van der Waals surface area contributed by atoms with Crippen molar-refractivity contribution in [2.24, 2.45) is 5.41 Å². The summed E-state index contributed by atoms with van der Waals surface area (Å²) in [5.41, 5.74) is 7.80. The predicted octanol–water partition coefficient (Wildman–Crippen LogP) is 6.02. The lowest BCUT2D eigenvalue weighted by Gasteiger charge is -2.32. The second kappa shape index (κ2) is 5.57. The van der Waals surface area contributed by atoms with Crippen LogP contribution in [0, 0.1) is 5.41 Å². The van der Waals surface area contributed by atoms with Gasteiger partial charge < -0.3 is 0 Å². The van der Waals surface area contributed by atoms with Gasteiger partial charge >= 0.3 is 0 Å². The highest BCUT2D eigenvalue weighted by Gasteiger charge is 2.37. The highest BCUT2D eigenvalue weighted by Crippen LogP contribution is 2.41. The third-order valence-corrected chi connectivity index (χ3v) is 9.82. The molecule has 0 N–H and O–H groups in total. The zero-order chi connectivity index (χ0) is 17.8. The van der Waals surface area contributed by atoms with Crippen molar-refractivity contribution in [3.63, 3.8) is 0 Å². The lowest BCUT2D eigenvalue weighted by molar-refractivity contribution is 0.516. The van der Waals surface area contributed by atoms with E-state index in [4.69, 9.17) is 0 Å². The zero-order valence-corrected chi connectivity index (χ0v) is 17.1. The van der Waals surface area contributed by atoms with E-state index in [0.717, 1.165) is 12.8 Å². The highest BCUT2D eigenvalue weighted by atomic mass is 28.3. The van der Waals surface area contributed by atoms with Crippen LogP contribution in [0.5, 0.6) is 0 Å². The normalized spacial score (nSPS) is 16.4. The Kier molecular flexibility index (Phi) is 3.70. The van der Waals surface area contributed by atoms with Crippen molar-refractivity contribution in [3.8, 4) is 11.1 Å². The SMILES string of the molecule is CC(C)(C)C1=C([Si](C)(C)c2cccc3c2Cc2ccccc2-3)CC=C1. The van der Waals surface area contributed by atoms with E-state index < -0.39 is 8.07 Å². The van der Waals surface area contributed by atoms with Crippen molar-refractivity contribution in [1.29, 1.82) is 0 Å². The summed E-state index contributed by atoms with van der Waals surface area (Å²) in [6.07, 6.45) is 7.01. The van der Waals surface area contributed by atoms with Crippen LogP contribution in [0.3, 0.4) is 0 Å². The molecule has 2 aromatic rings. The Morgan fingerprint density at radius 2 is 1.60 bits per heavy atom. The molecule has 0 fully saturated rings. The van der Waals surface area contributed by atoms with E-state index in [1.807, 2.05) is 0 Å². The molecule has 2 aliphatic carbocycles. The standard InChI is InChI=1S/C24H28Si/c1-24(2,3)21-13-9-15-23(21)25(4,5)22-14-8-12-19-18-11-7-6-10-17(18)16-20(19)22/h6-14H,15-16H2,1-5H3. The van der Waals surface area contributed by atoms with Crippen molar-refractivity contribution >= 4 is 13.3 Å². The Balaban J connectivity index is 1.87. The van der Waals surface area contributed by atoms with E-state index in [1.54, 1.807) is 21.5 Å². The molecule has 0 heterocycles. The Labute approximate surface area is 153 Å². The van der Waals surface area contributed by atoms with Crippen LogP contribution in [0.1, 0.15) is 38.3 Å². The van der Waals surface area contributed by atoms with Crippen molar-refractivity contribution in [1.82, 2.24) is 0 Å². The van der Waals surface area contributed by atoms with Gasteiger partial charge in [-0.25, -0.2) is 0 Å². The minimum absolute atomic E-state index is 0.230. The fourth-order valence-corrected chi connectivity index (χ4v) is 8.28.